The summed E-state index contributed by atoms with van der Waals surface area (Å²) in [5.41, 5.74) is 1.35. The van der Waals surface area contributed by atoms with E-state index >= 15 is 0 Å². The molecule has 26 heavy (non-hydrogen) atoms. The summed E-state index contributed by atoms with van der Waals surface area (Å²) < 4.78 is 32.7. The molecular formula is C18H20N4O3S. The van der Waals surface area contributed by atoms with E-state index in [-0.39, 0.29) is 11.0 Å². The van der Waals surface area contributed by atoms with Gasteiger partial charge in [-0.25, -0.2) is 18.1 Å². The Hall–Kier alpha value is -2.47. The lowest BCUT2D eigenvalue weighted by Crippen LogP contribution is -2.31. The van der Waals surface area contributed by atoms with Crippen molar-refractivity contribution in [2.45, 2.75) is 30.4 Å². The number of hydrogen-bond acceptors (Lipinski definition) is 6. The minimum Gasteiger partial charge on any atom is -0.377 e. The van der Waals surface area contributed by atoms with Gasteiger partial charge in [0.1, 0.15) is 11.9 Å². The molecule has 1 aromatic carbocycles. The Morgan fingerprint density at radius 1 is 1.27 bits per heavy atom. The van der Waals surface area contributed by atoms with E-state index in [2.05, 4.69) is 21.1 Å². The topological polar surface area (TPSA) is 104 Å². The molecule has 1 fully saturated rings. The Labute approximate surface area is 153 Å². The summed E-state index contributed by atoms with van der Waals surface area (Å²) in [5.74, 6) is 0.505. The number of nitrogens with one attached hydrogen (secondary N) is 2. The second kappa shape index (κ2) is 8.27. The van der Waals surface area contributed by atoms with Gasteiger partial charge >= 0.3 is 0 Å². The van der Waals surface area contributed by atoms with Gasteiger partial charge in [-0.2, -0.15) is 5.26 Å². The van der Waals surface area contributed by atoms with Crippen molar-refractivity contribution in [2.24, 2.45) is 0 Å². The molecule has 1 aliphatic rings. The first-order chi connectivity index (χ1) is 12.6. The fourth-order valence-electron chi connectivity index (χ4n) is 2.70. The van der Waals surface area contributed by atoms with Crippen LogP contribution in [0.15, 0.2) is 47.5 Å². The van der Waals surface area contributed by atoms with Crippen molar-refractivity contribution in [2.75, 3.05) is 18.5 Å². The maximum absolute atomic E-state index is 12.3. The first kappa shape index (κ1) is 18.3. The van der Waals surface area contributed by atoms with Gasteiger partial charge in [0, 0.05) is 25.9 Å². The van der Waals surface area contributed by atoms with Gasteiger partial charge in [-0.3, -0.25) is 0 Å². The number of nitriles is 1. The molecule has 2 N–H and O–H groups in total. The summed E-state index contributed by atoms with van der Waals surface area (Å²) in [4.78, 5) is 4.35. The first-order valence-corrected chi connectivity index (χ1v) is 9.86. The molecule has 0 amide bonds. The molecule has 0 bridgehead atoms. The van der Waals surface area contributed by atoms with E-state index in [0.717, 1.165) is 18.4 Å². The van der Waals surface area contributed by atoms with Crippen molar-refractivity contribution in [1.82, 2.24) is 9.71 Å². The van der Waals surface area contributed by atoms with Crippen LogP contribution in [0, 0.1) is 11.3 Å². The van der Waals surface area contributed by atoms with Crippen LogP contribution in [0.2, 0.25) is 0 Å². The van der Waals surface area contributed by atoms with Crippen molar-refractivity contribution in [1.29, 1.82) is 5.26 Å². The Kier molecular flexibility index (Phi) is 5.83. The summed E-state index contributed by atoms with van der Waals surface area (Å²) in [6.07, 6.45) is 3.42. The largest absolute Gasteiger partial charge is 0.377 e. The van der Waals surface area contributed by atoms with E-state index in [4.69, 9.17) is 10.00 Å². The molecule has 1 aliphatic heterocycles. The van der Waals surface area contributed by atoms with E-state index < -0.39 is 10.0 Å². The lowest BCUT2D eigenvalue weighted by molar-refractivity contribution is 0.114. The molecule has 2 aromatic rings. The van der Waals surface area contributed by atoms with Crippen LogP contribution in [0.25, 0.3) is 0 Å². The number of rotatable bonds is 7. The molecule has 0 spiro atoms. The molecule has 2 heterocycles. The van der Waals surface area contributed by atoms with Crippen LogP contribution in [0.4, 0.5) is 5.82 Å². The van der Waals surface area contributed by atoms with Crippen LogP contribution in [-0.2, 0) is 21.3 Å². The van der Waals surface area contributed by atoms with Crippen LogP contribution in [0.3, 0.4) is 0 Å². The van der Waals surface area contributed by atoms with E-state index in [0.29, 0.717) is 31.1 Å². The molecule has 1 saturated heterocycles. The number of benzene rings is 1. The van der Waals surface area contributed by atoms with Crippen molar-refractivity contribution in [3.8, 4) is 6.07 Å². The van der Waals surface area contributed by atoms with Gasteiger partial charge in [0.15, 0.2) is 0 Å². The third kappa shape index (κ3) is 4.58. The highest BCUT2D eigenvalue weighted by Crippen LogP contribution is 2.15. The molecule has 3 rings (SSSR count). The van der Waals surface area contributed by atoms with Crippen LogP contribution >= 0.6 is 0 Å². The molecule has 8 heteroatoms. The third-order valence-corrected chi connectivity index (χ3v) is 5.59. The third-order valence-electron chi connectivity index (χ3n) is 4.15. The predicted molar refractivity (Wildman–Crippen MR) is 96.9 cm³/mol. The Bertz CT molecular complexity index is 885. The van der Waals surface area contributed by atoms with Crippen molar-refractivity contribution < 1.29 is 13.2 Å². The zero-order chi connectivity index (χ0) is 18.4. The quantitative estimate of drug-likeness (QED) is 0.771. The summed E-state index contributed by atoms with van der Waals surface area (Å²) >= 11 is 0. The molecule has 0 saturated carbocycles. The van der Waals surface area contributed by atoms with Crippen molar-refractivity contribution in [3.63, 3.8) is 0 Å². The highest BCUT2D eigenvalue weighted by atomic mass is 32.2. The van der Waals surface area contributed by atoms with E-state index in [1.165, 1.54) is 0 Å². The normalized spacial score (nSPS) is 17.0. The van der Waals surface area contributed by atoms with E-state index in [1.54, 1.807) is 42.6 Å². The zero-order valence-corrected chi connectivity index (χ0v) is 15.0. The van der Waals surface area contributed by atoms with Crippen LogP contribution in [0.5, 0.6) is 0 Å². The Morgan fingerprint density at radius 3 is 2.77 bits per heavy atom. The van der Waals surface area contributed by atoms with Crippen LogP contribution in [0.1, 0.15) is 24.0 Å². The van der Waals surface area contributed by atoms with Gasteiger partial charge in [-0.05, 0) is 42.7 Å². The molecule has 1 aromatic heterocycles. The number of hydrogen-bond donors (Lipinski definition) is 2. The molecule has 0 radical (unpaired) electrons. The summed E-state index contributed by atoms with van der Waals surface area (Å²) in [6.45, 7) is 1.43. The van der Waals surface area contributed by atoms with E-state index in [9.17, 15) is 8.42 Å². The number of pyridine rings is 1. The average molecular weight is 372 g/mol. The van der Waals surface area contributed by atoms with Gasteiger partial charge in [-0.15, -0.1) is 0 Å². The number of ether oxygens (including phenoxy) is 1. The minimum absolute atomic E-state index is 0.0408. The smallest absolute Gasteiger partial charge is 0.240 e. The number of anilines is 1. The molecule has 7 nitrogen and oxygen atoms in total. The highest BCUT2D eigenvalue weighted by Gasteiger charge is 2.20. The van der Waals surface area contributed by atoms with Crippen LogP contribution in [-0.4, -0.2) is 32.7 Å². The fourth-order valence-corrected chi connectivity index (χ4v) is 3.77. The molecular weight excluding hydrogens is 352 g/mol. The summed E-state index contributed by atoms with van der Waals surface area (Å²) in [5, 5.41) is 12.1. The van der Waals surface area contributed by atoms with Gasteiger partial charge < -0.3 is 10.1 Å². The summed E-state index contributed by atoms with van der Waals surface area (Å²) in [6, 6.07) is 12.1. The van der Waals surface area contributed by atoms with Gasteiger partial charge in [-0.1, -0.05) is 12.1 Å². The standard InChI is InChI=1S/C18H20N4O3S/c19-11-15-3-1-9-20-18(15)21-12-14-5-7-17(8-6-14)26(23,24)22-13-16-4-2-10-25-16/h1,3,5-9,16,22H,2,4,10,12-13H2,(H,20,21)/t16-/m0/s1. The lowest BCUT2D eigenvalue weighted by atomic mass is 10.2. The maximum Gasteiger partial charge on any atom is 0.240 e. The Balaban J connectivity index is 1.59. The van der Waals surface area contributed by atoms with Gasteiger partial charge in [0.25, 0.3) is 0 Å². The monoisotopic (exact) mass is 372 g/mol. The maximum atomic E-state index is 12.3. The molecule has 1 atom stereocenters. The second-order valence-corrected chi connectivity index (χ2v) is 7.76. The number of aromatic nitrogens is 1. The SMILES string of the molecule is N#Cc1cccnc1NCc1ccc(S(=O)(=O)NC[C@@H]2CCCO2)cc1. The van der Waals surface area contributed by atoms with Crippen molar-refractivity contribution in [3.05, 3.63) is 53.7 Å². The predicted octanol–water partition coefficient (Wildman–Crippen LogP) is 2.02. The van der Waals surface area contributed by atoms with Gasteiger partial charge in [0.05, 0.1) is 16.6 Å². The van der Waals surface area contributed by atoms with Crippen LogP contribution < -0.4 is 10.0 Å². The second-order valence-electron chi connectivity index (χ2n) is 6.00. The lowest BCUT2D eigenvalue weighted by Gasteiger charge is -2.12. The van der Waals surface area contributed by atoms with Crippen molar-refractivity contribution >= 4 is 15.8 Å². The number of nitrogens with zero attached hydrogens (tertiary/aromatic N) is 2. The summed E-state index contributed by atoms with van der Waals surface area (Å²) in [7, 11) is -3.55. The van der Waals surface area contributed by atoms with E-state index in [1.807, 2.05) is 0 Å². The fraction of sp³-hybridized carbons (Fsp3) is 0.333. The Morgan fingerprint density at radius 2 is 2.08 bits per heavy atom. The zero-order valence-electron chi connectivity index (χ0n) is 14.2. The molecule has 0 unspecified atom stereocenters. The molecule has 0 aliphatic carbocycles. The highest BCUT2D eigenvalue weighted by molar-refractivity contribution is 7.89. The number of sulfonamides is 1. The molecule has 136 valence electrons. The minimum atomic E-state index is -3.55. The first-order valence-electron chi connectivity index (χ1n) is 8.38. The average Bonchev–Trinajstić information content (AvgIpc) is 3.19. The van der Waals surface area contributed by atoms with Gasteiger partial charge in [0.2, 0.25) is 10.0 Å².